The molecule has 2 rings (SSSR count). The minimum absolute atomic E-state index is 0.0333. The molecule has 88 valence electrons. The summed E-state index contributed by atoms with van der Waals surface area (Å²) < 4.78 is 0. The van der Waals surface area contributed by atoms with E-state index in [0.717, 1.165) is 25.9 Å². The first-order valence-electron chi connectivity index (χ1n) is 5.66. The first kappa shape index (κ1) is 11.4. The van der Waals surface area contributed by atoms with Crippen LogP contribution in [0.2, 0.25) is 0 Å². The van der Waals surface area contributed by atoms with Crippen LogP contribution in [0.4, 0.5) is 11.4 Å². The van der Waals surface area contributed by atoms with Crippen LogP contribution in [0.1, 0.15) is 24.8 Å². The summed E-state index contributed by atoms with van der Waals surface area (Å²) in [5.41, 5.74) is 0.997. The molecule has 0 N–H and O–H groups in total. The molecule has 0 unspecified atom stereocenters. The Bertz CT molecular complexity index is 473. The average Bonchev–Trinajstić information content (AvgIpc) is 2.39. The lowest BCUT2D eigenvalue weighted by molar-refractivity contribution is -0.384. The van der Waals surface area contributed by atoms with Crippen molar-refractivity contribution in [3.63, 3.8) is 0 Å². The van der Waals surface area contributed by atoms with Gasteiger partial charge in [-0.2, -0.15) is 5.26 Å². The van der Waals surface area contributed by atoms with Crippen LogP contribution in [-0.4, -0.2) is 18.0 Å². The molecule has 0 amide bonds. The Morgan fingerprint density at radius 3 is 2.59 bits per heavy atom. The Kier molecular flexibility index (Phi) is 3.24. The number of rotatable bonds is 2. The van der Waals surface area contributed by atoms with Crippen molar-refractivity contribution in [1.82, 2.24) is 0 Å². The highest BCUT2D eigenvalue weighted by Crippen LogP contribution is 2.30. The highest BCUT2D eigenvalue weighted by Gasteiger charge is 2.21. The summed E-state index contributed by atoms with van der Waals surface area (Å²) in [5, 5.41) is 19.8. The maximum absolute atomic E-state index is 11.0. The topological polar surface area (TPSA) is 70.2 Å². The normalized spacial score (nSPS) is 15.4. The van der Waals surface area contributed by atoms with E-state index in [9.17, 15) is 10.1 Å². The van der Waals surface area contributed by atoms with Crippen molar-refractivity contribution in [2.24, 2.45) is 0 Å². The number of anilines is 1. The van der Waals surface area contributed by atoms with Crippen molar-refractivity contribution in [1.29, 1.82) is 5.26 Å². The van der Waals surface area contributed by atoms with E-state index in [1.165, 1.54) is 12.5 Å². The first-order chi connectivity index (χ1) is 8.22. The molecule has 5 heteroatoms. The van der Waals surface area contributed by atoms with Gasteiger partial charge in [0.1, 0.15) is 5.69 Å². The number of nitriles is 1. The molecule has 0 atom stereocenters. The molecule has 1 saturated heterocycles. The van der Waals surface area contributed by atoms with Gasteiger partial charge in [0.05, 0.1) is 16.6 Å². The van der Waals surface area contributed by atoms with Gasteiger partial charge in [-0.15, -0.1) is 0 Å². The molecule has 0 saturated carbocycles. The van der Waals surface area contributed by atoms with E-state index in [1.54, 1.807) is 12.1 Å². The molecule has 1 aromatic carbocycles. The van der Waals surface area contributed by atoms with Gasteiger partial charge in [0.25, 0.3) is 5.69 Å². The summed E-state index contributed by atoms with van der Waals surface area (Å²) in [6, 6.07) is 6.60. The fraction of sp³-hybridized carbons (Fsp3) is 0.417. The van der Waals surface area contributed by atoms with Crippen LogP contribution in [0.5, 0.6) is 0 Å². The molecule has 0 radical (unpaired) electrons. The molecule has 1 aliphatic heterocycles. The quantitative estimate of drug-likeness (QED) is 0.579. The zero-order valence-corrected chi connectivity index (χ0v) is 9.43. The van der Waals surface area contributed by atoms with Crippen LogP contribution in [0, 0.1) is 21.4 Å². The summed E-state index contributed by atoms with van der Waals surface area (Å²) in [5.74, 6) is 0. The van der Waals surface area contributed by atoms with Crippen LogP contribution >= 0.6 is 0 Å². The van der Waals surface area contributed by atoms with Gasteiger partial charge in [-0.05, 0) is 31.4 Å². The standard InChI is InChI=1S/C12H13N3O2/c13-9-10-4-5-11(12(8-10)15(16)17)14-6-2-1-3-7-14/h4-5,8H,1-3,6-7H2. The highest BCUT2D eigenvalue weighted by atomic mass is 16.6. The molecular formula is C12H13N3O2. The van der Waals surface area contributed by atoms with E-state index in [4.69, 9.17) is 5.26 Å². The van der Waals surface area contributed by atoms with E-state index in [-0.39, 0.29) is 5.69 Å². The Hall–Kier alpha value is -2.09. The summed E-state index contributed by atoms with van der Waals surface area (Å²) in [4.78, 5) is 12.6. The molecule has 17 heavy (non-hydrogen) atoms. The second-order valence-corrected chi connectivity index (χ2v) is 4.12. The zero-order chi connectivity index (χ0) is 12.3. The lowest BCUT2D eigenvalue weighted by Crippen LogP contribution is -2.29. The van der Waals surface area contributed by atoms with Gasteiger partial charge in [-0.1, -0.05) is 0 Å². The van der Waals surface area contributed by atoms with Crippen molar-refractivity contribution in [2.45, 2.75) is 19.3 Å². The van der Waals surface area contributed by atoms with Crippen LogP contribution < -0.4 is 4.90 Å². The van der Waals surface area contributed by atoms with Crippen molar-refractivity contribution in [3.8, 4) is 6.07 Å². The maximum atomic E-state index is 11.0. The fourth-order valence-electron chi connectivity index (χ4n) is 2.14. The van der Waals surface area contributed by atoms with Crippen LogP contribution in [0.25, 0.3) is 0 Å². The van der Waals surface area contributed by atoms with E-state index < -0.39 is 4.92 Å². The molecule has 0 spiro atoms. The number of nitro groups is 1. The predicted octanol–water partition coefficient (Wildman–Crippen LogP) is 2.46. The van der Waals surface area contributed by atoms with Crippen LogP contribution in [0.3, 0.4) is 0 Å². The fourth-order valence-corrected chi connectivity index (χ4v) is 2.14. The van der Waals surface area contributed by atoms with Gasteiger partial charge in [0, 0.05) is 19.2 Å². The number of nitrogens with zero attached hydrogens (tertiary/aromatic N) is 3. The predicted molar refractivity (Wildman–Crippen MR) is 63.9 cm³/mol. The number of hydrogen-bond donors (Lipinski definition) is 0. The van der Waals surface area contributed by atoms with Crippen molar-refractivity contribution < 1.29 is 4.92 Å². The van der Waals surface area contributed by atoms with E-state index in [0.29, 0.717) is 11.3 Å². The summed E-state index contributed by atoms with van der Waals surface area (Å²) in [6.07, 6.45) is 3.31. The van der Waals surface area contributed by atoms with E-state index >= 15 is 0 Å². The van der Waals surface area contributed by atoms with Crippen molar-refractivity contribution >= 4 is 11.4 Å². The van der Waals surface area contributed by atoms with Gasteiger partial charge in [-0.25, -0.2) is 0 Å². The van der Waals surface area contributed by atoms with Gasteiger partial charge in [0.2, 0.25) is 0 Å². The third-order valence-corrected chi connectivity index (χ3v) is 3.00. The third-order valence-electron chi connectivity index (χ3n) is 3.00. The first-order valence-corrected chi connectivity index (χ1v) is 5.66. The summed E-state index contributed by atoms with van der Waals surface area (Å²) in [6.45, 7) is 1.71. The second kappa shape index (κ2) is 4.83. The van der Waals surface area contributed by atoms with Crippen molar-refractivity contribution in [2.75, 3.05) is 18.0 Å². The lowest BCUT2D eigenvalue weighted by atomic mass is 10.1. The smallest absolute Gasteiger partial charge is 0.293 e. The Morgan fingerprint density at radius 1 is 1.29 bits per heavy atom. The number of nitro benzene ring substituents is 1. The monoisotopic (exact) mass is 231 g/mol. The van der Waals surface area contributed by atoms with Gasteiger partial charge < -0.3 is 4.90 Å². The third kappa shape index (κ3) is 2.36. The van der Waals surface area contributed by atoms with Crippen LogP contribution in [0.15, 0.2) is 18.2 Å². The van der Waals surface area contributed by atoms with Gasteiger partial charge in [-0.3, -0.25) is 10.1 Å². The minimum Gasteiger partial charge on any atom is -0.366 e. The zero-order valence-electron chi connectivity index (χ0n) is 9.43. The molecule has 0 aromatic heterocycles. The highest BCUT2D eigenvalue weighted by molar-refractivity contribution is 5.65. The van der Waals surface area contributed by atoms with E-state index in [1.807, 2.05) is 11.0 Å². The van der Waals surface area contributed by atoms with Gasteiger partial charge >= 0.3 is 0 Å². The van der Waals surface area contributed by atoms with Crippen LogP contribution in [-0.2, 0) is 0 Å². The SMILES string of the molecule is N#Cc1ccc(N2CCCCC2)c([N+](=O)[O-])c1. The summed E-state index contributed by atoms with van der Waals surface area (Å²) in [7, 11) is 0. The maximum Gasteiger partial charge on any atom is 0.293 e. The largest absolute Gasteiger partial charge is 0.366 e. The molecule has 1 fully saturated rings. The minimum atomic E-state index is -0.412. The summed E-state index contributed by atoms with van der Waals surface area (Å²) >= 11 is 0. The van der Waals surface area contributed by atoms with E-state index in [2.05, 4.69) is 0 Å². The molecule has 1 heterocycles. The Labute approximate surface area is 99.4 Å². The number of benzene rings is 1. The average molecular weight is 231 g/mol. The Morgan fingerprint density at radius 2 is 2.00 bits per heavy atom. The second-order valence-electron chi connectivity index (χ2n) is 4.12. The molecule has 0 bridgehead atoms. The van der Waals surface area contributed by atoms with Crippen molar-refractivity contribution in [3.05, 3.63) is 33.9 Å². The van der Waals surface area contributed by atoms with Gasteiger partial charge in [0.15, 0.2) is 0 Å². The molecule has 5 nitrogen and oxygen atoms in total. The number of hydrogen-bond acceptors (Lipinski definition) is 4. The molecule has 1 aliphatic rings. The number of piperidine rings is 1. The molecule has 0 aliphatic carbocycles. The Balaban J connectivity index is 2.38. The lowest BCUT2D eigenvalue weighted by Gasteiger charge is -2.28. The molecule has 1 aromatic rings. The molecular weight excluding hydrogens is 218 g/mol.